The molecule has 1 aromatic heterocycles. The van der Waals surface area contributed by atoms with Crippen molar-refractivity contribution in [1.82, 2.24) is 4.31 Å². The molecule has 1 N–H and O–H groups in total. The minimum atomic E-state index is -3.83. The van der Waals surface area contributed by atoms with Crippen LogP contribution in [-0.2, 0) is 10.0 Å². The van der Waals surface area contributed by atoms with E-state index in [1.807, 2.05) is 6.07 Å². The van der Waals surface area contributed by atoms with Crippen molar-refractivity contribution < 1.29 is 13.3 Å². The molecule has 1 aromatic rings. The summed E-state index contributed by atoms with van der Waals surface area (Å²) in [5.41, 5.74) is -0.280. The molecule has 0 spiro atoms. The average Bonchev–Trinajstić information content (AvgIpc) is 2.83. The molecule has 1 unspecified atom stereocenters. The Hall–Kier alpha value is -1.70. The number of anilines is 1. The molecule has 110 valence electrons. The summed E-state index contributed by atoms with van der Waals surface area (Å²) in [6.45, 7) is 1.63. The van der Waals surface area contributed by atoms with Gasteiger partial charge in [0.1, 0.15) is 4.21 Å². The van der Waals surface area contributed by atoms with E-state index in [-0.39, 0.29) is 21.4 Å². The van der Waals surface area contributed by atoms with Gasteiger partial charge in [0, 0.05) is 26.7 Å². The van der Waals surface area contributed by atoms with Gasteiger partial charge in [-0.2, -0.15) is 9.57 Å². The quantitative estimate of drug-likeness (QED) is 0.627. The first-order valence-electron chi connectivity index (χ1n) is 5.56. The standard InChI is InChI=1S/C10H14N4O4S2/c1-7(5-11)6-13(3)20(17,18)9-4-8(14(15)16)10(12-2)19-9/h4,7,12H,6H2,1-3H3. The van der Waals surface area contributed by atoms with Crippen LogP contribution in [0.4, 0.5) is 10.7 Å². The molecule has 0 radical (unpaired) electrons. The largest absolute Gasteiger partial charge is 0.374 e. The maximum atomic E-state index is 12.3. The lowest BCUT2D eigenvalue weighted by atomic mass is 10.2. The highest BCUT2D eigenvalue weighted by Gasteiger charge is 2.29. The predicted molar refractivity (Wildman–Crippen MR) is 75.1 cm³/mol. The van der Waals surface area contributed by atoms with Crippen LogP contribution in [0, 0.1) is 27.4 Å². The number of rotatable bonds is 6. The normalized spacial score (nSPS) is 12.9. The van der Waals surface area contributed by atoms with Gasteiger partial charge in [-0.25, -0.2) is 8.42 Å². The summed E-state index contributed by atoms with van der Waals surface area (Å²) in [4.78, 5) is 10.2. The number of hydrogen-bond acceptors (Lipinski definition) is 7. The average molecular weight is 318 g/mol. The van der Waals surface area contributed by atoms with Crippen LogP contribution in [0.25, 0.3) is 0 Å². The molecule has 0 fully saturated rings. The van der Waals surface area contributed by atoms with Crippen LogP contribution in [-0.4, -0.2) is 38.3 Å². The van der Waals surface area contributed by atoms with Crippen LogP contribution in [0.1, 0.15) is 6.92 Å². The zero-order valence-corrected chi connectivity index (χ0v) is 12.8. The third kappa shape index (κ3) is 3.24. The number of nitrogens with one attached hydrogen (secondary N) is 1. The Morgan fingerprint density at radius 1 is 1.65 bits per heavy atom. The van der Waals surface area contributed by atoms with Gasteiger partial charge >= 0.3 is 5.69 Å². The van der Waals surface area contributed by atoms with Gasteiger partial charge in [-0.05, 0) is 6.92 Å². The van der Waals surface area contributed by atoms with E-state index in [2.05, 4.69) is 5.32 Å². The van der Waals surface area contributed by atoms with Gasteiger partial charge in [0.05, 0.1) is 16.9 Å². The summed E-state index contributed by atoms with van der Waals surface area (Å²) < 4.78 is 25.4. The number of thiophene rings is 1. The lowest BCUT2D eigenvalue weighted by Crippen LogP contribution is -2.30. The second-order valence-corrected chi connectivity index (χ2v) is 7.43. The third-order valence-electron chi connectivity index (χ3n) is 2.53. The topological polar surface area (TPSA) is 116 Å². The minimum absolute atomic E-state index is 0.0272. The maximum absolute atomic E-state index is 12.3. The van der Waals surface area contributed by atoms with Gasteiger partial charge in [-0.15, -0.1) is 0 Å². The highest BCUT2D eigenvalue weighted by molar-refractivity contribution is 7.91. The Bertz CT molecular complexity index is 647. The van der Waals surface area contributed by atoms with Crippen molar-refractivity contribution in [3.63, 3.8) is 0 Å². The molecule has 8 nitrogen and oxygen atoms in total. The molecule has 0 bridgehead atoms. The number of nitrogens with zero attached hydrogens (tertiary/aromatic N) is 3. The molecule has 0 aliphatic rings. The fraction of sp³-hybridized carbons (Fsp3) is 0.500. The predicted octanol–water partition coefficient (Wildman–Crippen LogP) is 1.48. The van der Waals surface area contributed by atoms with Crippen molar-refractivity contribution >= 4 is 32.0 Å². The lowest BCUT2D eigenvalue weighted by molar-refractivity contribution is -0.383. The van der Waals surface area contributed by atoms with Gasteiger partial charge in [0.2, 0.25) is 0 Å². The molecule has 0 saturated carbocycles. The van der Waals surface area contributed by atoms with E-state index in [1.165, 1.54) is 14.1 Å². The molecule has 1 rings (SSSR count). The van der Waals surface area contributed by atoms with Crippen LogP contribution in [0.3, 0.4) is 0 Å². The highest BCUT2D eigenvalue weighted by atomic mass is 32.2. The molecular weight excluding hydrogens is 304 g/mol. The first-order valence-corrected chi connectivity index (χ1v) is 7.81. The molecule has 20 heavy (non-hydrogen) atoms. The molecular formula is C10H14N4O4S2. The smallest absolute Gasteiger partial charge is 0.304 e. The van der Waals surface area contributed by atoms with Crippen LogP contribution in [0.5, 0.6) is 0 Å². The van der Waals surface area contributed by atoms with E-state index < -0.39 is 20.9 Å². The van der Waals surface area contributed by atoms with Gasteiger partial charge in [-0.3, -0.25) is 10.1 Å². The lowest BCUT2D eigenvalue weighted by Gasteiger charge is -2.16. The summed E-state index contributed by atoms with van der Waals surface area (Å²) in [5.74, 6) is -0.464. The molecule has 0 aliphatic carbocycles. The first-order chi connectivity index (χ1) is 9.23. The SMILES string of the molecule is CNc1sc(S(=O)(=O)N(C)CC(C)C#N)cc1[N+](=O)[O-]. The van der Waals surface area contributed by atoms with Crippen molar-refractivity contribution in [2.75, 3.05) is 26.0 Å². The molecule has 1 heterocycles. The third-order valence-corrected chi connectivity index (χ3v) is 5.94. The monoisotopic (exact) mass is 318 g/mol. The van der Waals surface area contributed by atoms with E-state index in [0.29, 0.717) is 0 Å². The Labute approximate surface area is 120 Å². The Morgan fingerprint density at radius 2 is 2.25 bits per heavy atom. The van der Waals surface area contributed by atoms with Gasteiger partial charge in [0.15, 0.2) is 5.00 Å². The first kappa shape index (κ1) is 16.4. The zero-order valence-electron chi connectivity index (χ0n) is 11.2. The molecule has 10 heteroatoms. The number of nitro groups is 1. The van der Waals surface area contributed by atoms with Crippen molar-refractivity contribution in [2.24, 2.45) is 5.92 Å². The number of sulfonamides is 1. The Balaban J connectivity index is 3.16. The van der Waals surface area contributed by atoms with Gasteiger partial charge < -0.3 is 5.32 Å². The highest BCUT2D eigenvalue weighted by Crippen LogP contribution is 2.37. The van der Waals surface area contributed by atoms with Crippen molar-refractivity contribution in [3.05, 3.63) is 16.2 Å². The van der Waals surface area contributed by atoms with Crippen molar-refractivity contribution in [1.29, 1.82) is 5.26 Å². The van der Waals surface area contributed by atoms with E-state index in [4.69, 9.17) is 5.26 Å². The maximum Gasteiger partial charge on any atom is 0.304 e. The van der Waals surface area contributed by atoms with Crippen LogP contribution < -0.4 is 5.32 Å². The minimum Gasteiger partial charge on any atom is -0.374 e. The fourth-order valence-corrected chi connectivity index (χ4v) is 4.23. The summed E-state index contributed by atoms with van der Waals surface area (Å²) in [7, 11) is -1.01. The summed E-state index contributed by atoms with van der Waals surface area (Å²) in [6, 6.07) is 2.97. The van der Waals surface area contributed by atoms with E-state index in [9.17, 15) is 18.5 Å². The van der Waals surface area contributed by atoms with E-state index >= 15 is 0 Å². The zero-order chi connectivity index (χ0) is 15.5. The van der Waals surface area contributed by atoms with Crippen molar-refractivity contribution in [2.45, 2.75) is 11.1 Å². The summed E-state index contributed by atoms with van der Waals surface area (Å²) >= 11 is 0.792. The van der Waals surface area contributed by atoms with Gasteiger partial charge in [0.25, 0.3) is 10.0 Å². The Kier molecular flexibility index (Phi) is 5.04. The second kappa shape index (κ2) is 6.17. The fourth-order valence-electron chi connectivity index (χ4n) is 1.48. The van der Waals surface area contributed by atoms with Crippen molar-refractivity contribution in [3.8, 4) is 6.07 Å². The summed E-state index contributed by atoms with van der Waals surface area (Å²) in [5, 5.41) is 22.3. The number of hydrogen-bond donors (Lipinski definition) is 1. The number of nitriles is 1. The van der Waals surface area contributed by atoms with E-state index in [0.717, 1.165) is 21.7 Å². The van der Waals surface area contributed by atoms with Gasteiger partial charge in [-0.1, -0.05) is 11.3 Å². The second-order valence-electron chi connectivity index (χ2n) is 4.10. The summed E-state index contributed by atoms with van der Waals surface area (Å²) in [6.07, 6.45) is 0. The van der Waals surface area contributed by atoms with Crippen LogP contribution >= 0.6 is 11.3 Å². The van der Waals surface area contributed by atoms with E-state index in [1.54, 1.807) is 6.92 Å². The molecule has 0 saturated heterocycles. The Morgan fingerprint density at radius 3 is 2.65 bits per heavy atom. The molecule has 0 amide bonds. The van der Waals surface area contributed by atoms with Crippen LogP contribution in [0.2, 0.25) is 0 Å². The van der Waals surface area contributed by atoms with Crippen LogP contribution in [0.15, 0.2) is 10.3 Å². The molecule has 0 aliphatic heterocycles. The molecule has 0 aromatic carbocycles. The molecule has 1 atom stereocenters.